The minimum atomic E-state index is -0.689. The number of hydrogen-bond donors (Lipinski definition) is 1. The minimum absolute atomic E-state index is 0.465. The second-order valence-corrected chi connectivity index (χ2v) is 1.53. The maximum atomic E-state index is 10.3. The monoisotopic (exact) mass is 129 g/mol. The first-order valence-corrected chi connectivity index (χ1v) is 2.55. The second-order valence-electron chi connectivity index (χ2n) is 1.53. The molecular formula is C4H7N3O2. The van der Waals surface area contributed by atoms with E-state index >= 15 is 0 Å². The van der Waals surface area contributed by atoms with Crippen molar-refractivity contribution in [2.45, 2.75) is 6.42 Å². The molecule has 50 valence electrons. The highest BCUT2D eigenvalue weighted by molar-refractivity contribution is 5.72. The molecule has 0 radical (unpaired) electrons. The maximum absolute atomic E-state index is 10.3. The molecule has 5 heteroatoms. The minimum Gasteiger partial charge on any atom is -0.348 e. The molecule has 0 saturated carbocycles. The molecule has 0 aromatic rings. The molecule has 0 saturated heterocycles. The Morgan fingerprint density at radius 3 is 3.00 bits per heavy atom. The van der Waals surface area contributed by atoms with Crippen molar-refractivity contribution in [3.8, 4) is 0 Å². The first-order chi connectivity index (χ1) is 4.30. The quantitative estimate of drug-likeness (QED) is 0.487. The van der Waals surface area contributed by atoms with Crippen molar-refractivity contribution in [3.63, 3.8) is 0 Å². The Morgan fingerprint density at radius 1 is 1.89 bits per heavy atom. The fraction of sp³-hybridized carbons (Fsp3) is 0.500. The van der Waals surface area contributed by atoms with Crippen LogP contribution in [-0.2, 0) is 4.84 Å². The van der Waals surface area contributed by atoms with E-state index < -0.39 is 6.03 Å². The van der Waals surface area contributed by atoms with Crippen LogP contribution in [-0.4, -0.2) is 24.0 Å². The van der Waals surface area contributed by atoms with Crippen LogP contribution in [0.5, 0.6) is 0 Å². The molecule has 1 rings (SSSR count). The Morgan fingerprint density at radius 2 is 2.67 bits per heavy atom. The largest absolute Gasteiger partial charge is 0.360 e. The number of rotatable bonds is 0. The van der Waals surface area contributed by atoms with Crippen molar-refractivity contribution in [1.82, 2.24) is 5.17 Å². The van der Waals surface area contributed by atoms with Gasteiger partial charge in [-0.1, -0.05) is 5.17 Å². The first-order valence-electron chi connectivity index (χ1n) is 2.55. The molecular weight excluding hydrogens is 122 g/mol. The molecule has 0 unspecified atom stereocenters. The lowest BCUT2D eigenvalue weighted by molar-refractivity contribution is -0.118. The van der Waals surface area contributed by atoms with Gasteiger partial charge in [0.25, 0.3) is 0 Å². The molecule has 0 fully saturated rings. The van der Waals surface area contributed by atoms with Crippen molar-refractivity contribution in [2.75, 3.05) is 6.61 Å². The number of carbonyl (C=O) groups excluding carboxylic acids is 1. The fourth-order valence-electron chi connectivity index (χ4n) is 0.478. The zero-order valence-electron chi connectivity index (χ0n) is 4.78. The number of primary amides is 1. The number of urea groups is 1. The standard InChI is InChI=1S/C4H7N3O2/c5-4(8)7-6-2-1-3-9-7/h2H,1,3H2,(H2,5,8). The van der Waals surface area contributed by atoms with Crippen molar-refractivity contribution in [3.05, 3.63) is 0 Å². The third-order valence-corrected chi connectivity index (χ3v) is 0.836. The molecule has 5 nitrogen and oxygen atoms in total. The van der Waals surface area contributed by atoms with Gasteiger partial charge in [0.05, 0.1) is 6.61 Å². The number of nitrogens with two attached hydrogens (primary N) is 1. The van der Waals surface area contributed by atoms with Crippen LogP contribution in [0.1, 0.15) is 6.42 Å². The zero-order valence-corrected chi connectivity index (χ0v) is 4.78. The summed E-state index contributed by atoms with van der Waals surface area (Å²) in [5.74, 6) is 0. The predicted octanol–water partition coefficient (Wildman–Crippen LogP) is -0.312. The number of hydrogen-bond acceptors (Lipinski definition) is 3. The number of amides is 2. The molecule has 2 amide bonds. The molecule has 0 aliphatic carbocycles. The number of carbonyl (C=O) groups is 1. The zero-order chi connectivity index (χ0) is 6.69. The lowest BCUT2D eigenvalue weighted by atomic mass is 10.5. The van der Waals surface area contributed by atoms with Gasteiger partial charge in [-0.3, -0.25) is 0 Å². The van der Waals surface area contributed by atoms with Crippen molar-refractivity contribution >= 4 is 12.2 Å². The summed E-state index contributed by atoms with van der Waals surface area (Å²) in [4.78, 5) is 15.0. The Balaban J connectivity index is 2.50. The average molecular weight is 129 g/mol. The normalized spacial score (nSPS) is 18.0. The molecule has 9 heavy (non-hydrogen) atoms. The van der Waals surface area contributed by atoms with E-state index in [9.17, 15) is 4.79 Å². The van der Waals surface area contributed by atoms with Gasteiger partial charge >= 0.3 is 6.03 Å². The number of nitrogens with zero attached hydrogens (tertiary/aromatic N) is 2. The van der Waals surface area contributed by atoms with E-state index in [1.807, 2.05) is 0 Å². The molecule has 0 spiro atoms. The van der Waals surface area contributed by atoms with E-state index in [1.165, 1.54) is 0 Å². The molecule has 1 aliphatic rings. The molecule has 0 aromatic heterocycles. The molecule has 0 aromatic carbocycles. The van der Waals surface area contributed by atoms with Crippen molar-refractivity contribution < 1.29 is 9.63 Å². The fourth-order valence-corrected chi connectivity index (χ4v) is 0.478. The van der Waals surface area contributed by atoms with E-state index in [2.05, 4.69) is 5.10 Å². The molecule has 2 N–H and O–H groups in total. The van der Waals surface area contributed by atoms with Gasteiger partial charge < -0.3 is 5.73 Å². The summed E-state index contributed by atoms with van der Waals surface area (Å²) in [5, 5.41) is 4.31. The van der Waals surface area contributed by atoms with Gasteiger partial charge in [-0.15, -0.1) is 0 Å². The summed E-state index contributed by atoms with van der Waals surface area (Å²) < 4.78 is 0. The van der Waals surface area contributed by atoms with Gasteiger partial charge in [-0.05, 0) is 0 Å². The SMILES string of the molecule is NC(=O)N1N=CCCO1. The Labute approximate surface area is 52.0 Å². The van der Waals surface area contributed by atoms with Gasteiger partial charge in [-0.25, -0.2) is 9.63 Å². The topological polar surface area (TPSA) is 67.9 Å². The van der Waals surface area contributed by atoms with Crippen molar-refractivity contribution in [2.24, 2.45) is 10.8 Å². The van der Waals surface area contributed by atoms with E-state index in [4.69, 9.17) is 10.6 Å². The second kappa shape index (κ2) is 2.45. The van der Waals surface area contributed by atoms with Crippen LogP contribution < -0.4 is 5.73 Å². The third kappa shape index (κ3) is 1.39. The Hall–Kier alpha value is -1.10. The van der Waals surface area contributed by atoms with E-state index in [0.29, 0.717) is 6.61 Å². The van der Waals surface area contributed by atoms with Crippen LogP contribution in [0.4, 0.5) is 4.79 Å². The average Bonchev–Trinajstić information content (AvgIpc) is 1.90. The van der Waals surface area contributed by atoms with Gasteiger partial charge in [0.15, 0.2) is 0 Å². The smallest absolute Gasteiger partial charge is 0.348 e. The molecule has 0 bridgehead atoms. The van der Waals surface area contributed by atoms with Gasteiger partial charge in [0.2, 0.25) is 0 Å². The number of hydroxylamine groups is 1. The van der Waals surface area contributed by atoms with E-state index in [0.717, 1.165) is 11.6 Å². The molecule has 1 aliphatic heterocycles. The van der Waals surface area contributed by atoms with Gasteiger partial charge in [-0.2, -0.15) is 5.10 Å². The lowest BCUT2D eigenvalue weighted by Gasteiger charge is -2.15. The third-order valence-electron chi connectivity index (χ3n) is 0.836. The summed E-state index contributed by atoms with van der Waals surface area (Å²) in [6, 6.07) is -0.689. The van der Waals surface area contributed by atoms with E-state index in [1.54, 1.807) is 6.21 Å². The number of hydrazone groups is 1. The molecule has 0 atom stereocenters. The maximum Gasteiger partial charge on any atom is 0.360 e. The molecule has 1 heterocycles. The summed E-state index contributed by atoms with van der Waals surface area (Å²) >= 11 is 0. The van der Waals surface area contributed by atoms with Crippen LogP contribution in [0.25, 0.3) is 0 Å². The first kappa shape index (κ1) is 6.03. The highest BCUT2D eigenvalue weighted by atomic mass is 16.7. The summed E-state index contributed by atoms with van der Waals surface area (Å²) in [6.07, 6.45) is 2.30. The highest BCUT2D eigenvalue weighted by Gasteiger charge is 2.09. The lowest BCUT2D eigenvalue weighted by Crippen LogP contribution is -2.33. The highest BCUT2D eigenvalue weighted by Crippen LogP contribution is 1.96. The van der Waals surface area contributed by atoms with Crippen LogP contribution in [0, 0.1) is 0 Å². The van der Waals surface area contributed by atoms with Crippen molar-refractivity contribution in [1.29, 1.82) is 0 Å². The predicted molar refractivity (Wildman–Crippen MR) is 30.5 cm³/mol. The summed E-state index contributed by atoms with van der Waals surface area (Å²) in [5.41, 5.74) is 4.82. The summed E-state index contributed by atoms with van der Waals surface area (Å²) in [7, 11) is 0. The Kier molecular flexibility index (Phi) is 1.64. The van der Waals surface area contributed by atoms with Crippen LogP contribution in [0.15, 0.2) is 5.10 Å². The summed E-state index contributed by atoms with van der Waals surface area (Å²) in [6.45, 7) is 0.465. The van der Waals surface area contributed by atoms with E-state index in [-0.39, 0.29) is 0 Å². The Bertz CT molecular complexity index is 145. The van der Waals surface area contributed by atoms with Crippen LogP contribution in [0.2, 0.25) is 0 Å². The van der Waals surface area contributed by atoms with Crippen LogP contribution >= 0.6 is 0 Å². The van der Waals surface area contributed by atoms with Crippen LogP contribution in [0.3, 0.4) is 0 Å². The van der Waals surface area contributed by atoms with Gasteiger partial charge in [0, 0.05) is 12.6 Å². The van der Waals surface area contributed by atoms with Gasteiger partial charge in [0.1, 0.15) is 0 Å².